The Morgan fingerprint density at radius 3 is 2.19 bits per heavy atom. The van der Waals surface area contributed by atoms with Gasteiger partial charge < -0.3 is 10.6 Å². The van der Waals surface area contributed by atoms with Gasteiger partial charge in [0.15, 0.2) is 0 Å². The Kier molecular flexibility index (Phi) is 4.94. The lowest BCUT2D eigenvalue weighted by molar-refractivity contribution is -0.115. The predicted molar refractivity (Wildman–Crippen MR) is 73.1 cm³/mol. The van der Waals surface area contributed by atoms with Crippen molar-refractivity contribution in [1.82, 2.24) is 5.32 Å². The fourth-order valence-electron chi connectivity index (χ4n) is 1.72. The van der Waals surface area contributed by atoms with Crippen LogP contribution in [0.15, 0.2) is 42.5 Å². The monoisotopic (exact) mass is 294 g/mol. The fraction of sp³-hybridized carbons (Fsp3) is 0.133. The van der Waals surface area contributed by atoms with E-state index in [1.807, 2.05) is 0 Å². The normalized spacial score (nSPS) is 10.4. The van der Waals surface area contributed by atoms with E-state index >= 15 is 0 Å². The van der Waals surface area contributed by atoms with Crippen LogP contribution < -0.4 is 10.6 Å². The van der Waals surface area contributed by atoms with E-state index in [2.05, 4.69) is 10.6 Å². The molecule has 0 aliphatic carbocycles. The molecule has 0 aliphatic rings. The molecular formula is C15H13F3N2O. The van der Waals surface area contributed by atoms with Crippen LogP contribution >= 0.6 is 0 Å². The molecule has 0 spiro atoms. The maximum atomic E-state index is 13.3. The lowest BCUT2D eigenvalue weighted by Gasteiger charge is -2.08. The Bertz CT molecular complexity index is 609. The minimum atomic E-state index is -0.832. The van der Waals surface area contributed by atoms with Crippen molar-refractivity contribution in [1.29, 1.82) is 0 Å². The van der Waals surface area contributed by atoms with Crippen LogP contribution in [0.3, 0.4) is 0 Å². The highest BCUT2D eigenvalue weighted by molar-refractivity contribution is 5.92. The maximum Gasteiger partial charge on any atom is 0.238 e. The second kappa shape index (κ2) is 6.90. The molecule has 0 saturated carbocycles. The third-order valence-corrected chi connectivity index (χ3v) is 2.76. The minimum absolute atomic E-state index is 0.120. The zero-order valence-electron chi connectivity index (χ0n) is 11.0. The van der Waals surface area contributed by atoms with Gasteiger partial charge in [-0.05, 0) is 29.8 Å². The smallest absolute Gasteiger partial charge is 0.238 e. The zero-order valence-corrected chi connectivity index (χ0v) is 11.0. The van der Waals surface area contributed by atoms with Crippen LogP contribution in [0.25, 0.3) is 0 Å². The number of carbonyl (C=O) groups is 1. The van der Waals surface area contributed by atoms with E-state index in [0.717, 1.165) is 17.7 Å². The van der Waals surface area contributed by atoms with E-state index < -0.39 is 23.2 Å². The molecule has 3 nitrogen and oxygen atoms in total. The molecule has 0 radical (unpaired) electrons. The lowest BCUT2D eigenvalue weighted by atomic mass is 10.2. The van der Waals surface area contributed by atoms with Crippen LogP contribution in [0, 0.1) is 17.5 Å². The average Bonchev–Trinajstić information content (AvgIpc) is 2.45. The summed E-state index contributed by atoms with van der Waals surface area (Å²) in [7, 11) is 0. The molecule has 2 aromatic carbocycles. The number of para-hydroxylation sites is 1. The Labute approximate surface area is 119 Å². The molecule has 2 N–H and O–H groups in total. The molecule has 21 heavy (non-hydrogen) atoms. The highest BCUT2D eigenvalue weighted by Crippen LogP contribution is 2.17. The van der Waals surface area contributed by atoms with Gasteiger partial charge in [0.2, 0.25) is 5.91 Å². The van der Waals surface area contributed by atoms with E-state index in [-0.39, 0.29) is 12.4 Å². The summed E-state index contributed by atoms with van der Waals surface area (Å²) >= 11 is 0. The van der Waals surface area contributed by atoms with Crippen molar-refractivity contribution in [2.45, 2.75) is 6.54 Å². The summed E-state index contributed by atoms with van der Waals surface area (Å²) < 4.78 is 39.3. The number of halogens is 3. The Morgan fingerprint density at radius 2 is 1.57 bits per heavy atom. The molecule has 0 fully saturated rings. The number of rotatable bonds is 5. The first-order valence-corrected chi connectivity index (χ1v) is 6.25. The second-order valence-electron chi connectivity index (χ2n) is 4.37. The zero-order chi connectivity index (χ0) is 15.2. The molecule has 1 amide bonds. The maximum absolute atomic E-state index is 13.3. The summed E-state index contributed by atoms with van der Waals surface area (Å²) in [6, 6.07) is 9.12. The van der Waals surface area contributed by atoms with Gasteiger partial charge in [-0.1, -0.05) is 18.2 Å². The third kappa shape index (κ3) is 4.32. The molecule has 2 aromatic rings. The first-order valence-electron chi connectivity index (χ1n) is 6.25. The molecule has 2 rings (SSSR count). The van der Waals surface area contributed by atoms with E-state index in [0.29, 0.717) is 6.54 Å². The van der Waals surface area contributed by atoms with Crippen LogP contribution in [0.5, 0.6) is 0 Å². The van der Waals surface area contributed by atoms with Gasteiger partial charge in [0.25, 0.3) is 0 Å². The van der Waals surface area contributed by atoms with Crippen molar-refractivity contribution in [3.8, 4) is 0 Å². The largest absolute Gasteiger partial charge is 0.320 e. The van der Waals surface area contributed by atoms with Gasteiger partial charge >= 0.3 is 0 Å². The van der Waals surface area contributed by atoms with E-state index in [1.54, 1.807) is 12.1 Å². The Hall–Kier alpha value is -2.34. The van der Waals surface area contributed by atoms with Gasteiger partial charge in [0.1, 0.15) is 23.1 Å². The quantitative estimate of drug-likeness (QED) is 0.890. The van der Waals surface area contributed by atoms with Gasteiger partial charge in [-0.2, -0.15) is 0 Å². The Morgan fingerprint density at radius 1 is 0.952 bits per heavy atom. The van der Waals surface area contributed by atoms with Crippen molar-refractivity contribution < 1.29 is 18.0 Å². The van der Waals surface area contributed by atoms with E-state index in [1.165, 1.54) is 18.2 Å². The summed E-state index contributed by atoms with van der Waals surface area (Å²) in [5.74, 6) is -2.57. The number of hydrogen-bond donors (Lipinski definition) is 2. The third-order valence-electron chi connectivity index (χ3n) is 2.76. The molecule has 0 heterocycles. The fourth-order valence-corrected chi connectivity index (χ4v) is 1.72. The molecule has 0 aliphatic heterocycles. The molecular weight excluding hydrogens is 281 g/mol. The van der Waals surface area contributed by atoms with Gasteiger partial charge in [0, 0.05) is 6.54 Å². The summed E-state index contributed by atoms with van der Waals surface area (Å²) in [6.45, 7) is 0.221. The summed E-state index contributed by atoms with van der Waals surface area (Å²) in [5.41, 5.74) is 0.326. The van der Waals surface area contributed by atoms with Crippen LogP contribution in [0.1, 0.15) is 5.56 Å². The molecule has 0 unspecified atom stereocenters. The number of benzene rings is 2. The SMILES string of the molecule is O=C(CNCc1ccc(F)cc1)Nc1c(F)cccc1F. The molecule has 6 heteroatoms. The molecule has 0 atom stereocenters. The molecule has 0 saturated heterocycles. The van der Waals surface area contributed by atoms with Crippen molar-refractivity contribution in [2.75, 3.05) is 11.9 Å². The second-order valence-corrected chi connectivity index (χ2v) is 4.37. The number of hydrogen-bond acceptors (Lipinski definition) is 2. The number of amides is 1. The van der Waals surface area contributed by atoms with Crippen LogP contribution in [0.4, 0.5) is 18.9 Å². The van der Waals surface area contributed by atoms with E-state index in [4.69, 9.17) is 0 Å². The summed E-state index contributed by atoms with van der Waals surface area (Å²) in [6.07, 6.45) is 0. The minimum Gasteiger partial charge on any atom is -0.320 e. The van der Waals surface area contributed by atoms with Crippen LogP contribution in [-0.4, -0.2) is 12.5 Å². The van der Waals surface area contributed by atoms with Crippen LogP contribution in [-0.2, 0) is 11.3 Å². The standard InChI is InChI=1S/C15H13F3N2O/c16-11-6-4-10(5-7-11)8-19-9-14(21)20-15-12(17)2-1-3-13(15)18/h1-7,19H,8-9H2,(H,20,21). The van der Waals surface area contributed by atoms with Gasteiger partial charge in [-0.3, -0.25) is 4.79 Å². The van der Waals surface area contributed by atoms with Crippen molar-refractivity contribution in [3.05, 3.63) is 65.5 Å². The molecule has 110 valence electrons. The highest BCUT2D eigenvalue weighted by Gasteiger charge is 2.11. The topological polar surface area (TPSA) is 41.1 Å². The molecule has 0 aromatic heterocycles. The summed E-state index contributed by atoms with van der Waals surface area (Å²) in [4.78, 5) is 11.6. The average molecular weight is 294 g/mol. The number of anilines is 1. The highest BCUT2D eigenvalue weighted by atomic mass is 19.1. The number of nitrogens with one attached hydrogen (secondary N) is 2. The Balaban J connectivity index is 1.84. The van der Waals surface area contributed by atoms with Crippen LogP contribution in [0.2, 0.25) is 0 Å². The van der Waals surface area contributed by atoms with Gasteiger partial charge in [-0.25, -0.2) is 13.2 Å². The molecule has 0 bridgehead atoms. The van der Waals surface area contributed by atoms with Crippen molar-refractivity contribution in [2.24, 2.45) is 0 Å². The van der Waals surface area contributed by atoms with Crippen molar-refractivity contribution in [3.63, 3.8) is 0 Å². The van der Waals surface area contributed by atoms with Crippen molar-refractivity contribution >= 4 is 11.6 Å². The van der Waals surface area contributed by atoms with Gasteiger partial charge in [0.05, 0.1) is 6.54 Å². The first kappa shape index (κ1) is 15.1. The first-order chi connectivity index (χ1) is 10.1. The summed E-state index contributed by atoms with van der Waals surface area (Å²) in [5, 5.41) is 4.96. The van der Waals surface area contributed by atoms with E-state index in [9.17, 15) is 18.0 Å². The number of carbonyl (C=O) groups excluding carboxylic acids is 1. The van der Waals surface area contributed by atoms with Gasteiger partial charge in [-0.15, -0.1) is 0 Å². The lowest BCUT2D eigenvalue weighted by Crippen LogP contribution is -2.28. The predicted octanol–water partition coefficient (Wildman–Crippen LogP) is 2.83.